The van der Waals surface area contributed by atoms with Crippen LogP contribution >= 0.6 is 0 Å². The van der Waals surface area contributed by atoms with Gasteiger partial charge in [0.05, 0.1) is 6.42 Å². The second kappa shape index (κ2) is 7.70. The van der Waals surface area contributed by atoms with Gasteiger partial charge in [0.2, 0.25) is 0 Å². The van der Waals surface area contributed by atoms with E-state index in [0.717, 1.165) is 19.0 Å². The zero-order valence-electron chi connectivity index (χ0n) is 11.3. The molecule has 17 heavy (non-hydrogen) atoms. The first-order valence-electron chi connectivity index (χ1n) is 7.09. The van der Waals surface area contributed by atoms with Crippen molar-refractivity contribution in [2.45, 2.75) is 64.8 Å². The van der Waals surface area contributed by atoms with Gasteiger partial charge in [0.15, 0.2) is 0 Å². The molecule has 0 aliphatic heterocycles. The summed E-state index contributed by atoms with van der Waals surface area (Å²) in [4.78, 5) is 13.1. The van der Waals surface area contributed by atoms with Crippen LogP contribution in [-0.2, 0) is 4.79 Å². The second-order valence-corrected chi connectivity index (χ2v) is 5.39. The molecule has 1 aliphatic carbocycles. The fourth-order valence-corrected chi connectivity index (χ4v) is 2.88. The number of aliphatic carboxylic acids is 1. The Labute approximate surface area is 105 Å². The number of nitrogens with zero attached hydrogens (tertiary/aromatic N) is 1. The average Bonchev–Trinajstić information content (AvgIpc) is 2.53. The van der Waals surface area contributed by atoms with Gasteiger partial charge in [-0.25, -0.2) is 0 Å². The molecule has 0 bridgehead atoms. The fourth-order valence-electron chi connectivity index (χ4n) is 2.88. The summed E-state index contributed by atoms with van der Waals surface area (Å²) in [6.45, 7) is 6.22. The number of hydrogen-bond donors (Lipinski definition) is 1. The highest BCUT2D eigenvalue weighted by molar-refractivity contribution is 5.67. The lowest BCUT2D eigenvalue weighted by Crippen LogP contribution is -2.38. The highest BCUT2D eigenvalue weighted by Gasteiger charge is 2.20. The van der Waals surface area contributed by atoms with Gasteiger partial charge in [0, 0.05) is 12.6 Å². The summed E-state index contributed by atoms with van der Waals surface area (Å²) in [6.07, 6.45) is 8.40. The molecule has 0 amide bonds. The van der Waals surface area contributed by atoms with E-state index in [2.05, 4.69) is 11.8 Å². The minimum atomic E-state index is -0.684. The van der Waals surface area contributed by atoms with E-state index in [1.807, 2.05) is 6.92 Å². The van der Waals surface area contributed by atoms with Gasteiger partial charge in [-0.2, -0.15) is 0 Å². The van der Waals surface area contributed by atoms with Crippen molar-refractivity contribution in [1.82, 2.24) is 4.90 Å². The quantitative estimate of drug-likeness (QED) is 0.726. The maximum Gasteiger partial charge on any atom is 0.304 e. The van der Waals surface area contributed by atoms with Crippen molar-refractivity contribution in [3.63, 3.8) is 0 Å². The van der Waals surface area contributed by atoms with Crippen LogP contribution in [0.3, 0.4) is 0 Å². The molecule has 1 aliphatic rings. The molecule has 0 aromatic heterocycles. The summed E-state index contributed by atoms with van der Waals surface area (Å²) in [5, 5.41) is 8.85. The third kappa shape index (κ3) is 5.53. The van der Waals surface area contributed by atoms with Crippen molar-refractivity contribution in [3.8, 4) is 0 Å². The molecule has 1 N–H and O–H groups in total. The third-order valence-corrected chi connectivity index (χ3v) is 3.97. The number of hydrogen-bond acceptors (Lipinski definition) is 2. The summed E-state index contributed by atoms with van der Waals surface area (Å²) < 4.78 is 0. The fraction of sp³-hybridized carbons (Fsp3) is 0.929. The highest BCUT2D eigenvalue weighted by atomic mass is 16.4. The minimum Gasteiger partial charge on any atom is -0.481 e. The summed E-state index contributed by atoms with van der Waals surface area (Å²) >= 11 is 0. The molecule has 1 rings (SSSR count). The van der Waals surface area contributed by atoms with Gasteiger partial charge >= 0.3 is 5.97 Å². The van der Waals surface area contributed by atoms with Crippen LogP contribution in [0, 0.1) is 5.92 Å². The van der Waals surface area contributed by atoms with Gasteiger partial charge in [0.25, 0.3) is 0 Å². The van der Waals surface area contributed by atoms with E-state index in [1.54, 1.807) is 0 Å². The molecule has 0 spiro atoms. The molecule has 3 nitrogen and oxygen atoms in total. The number of rotatable bonds is 6. The number of carboxylic acid groups (broad SMARTS) is 1. The first-order valence-corrected chi connectivity index (χ1v) is 7.09. The zero-order chi connectivity index (χ0) is 12.7. The summed E-state index contributed by atoms with van der Waals surface area (Å²) in [6, 6.07) is 0.167. The Bertz CT molecular complexity index is 222. The maximum absolute atomic E-state index is 10.8. The maximum atomic E-state index is 10.8. The highest BCUT2D eigenvalue weighted by Crippen LogP contribution is 2.24. The topological polar surface area (TPSA) is 40.5 Å². The SMILES string of the molecule is CCN(CC1CCCCCC1)C(C)CC(=O)O. The van der Waals surface area contributed by atoms with E-state index < -0.39 is 5.97 Å². The van der Waals surface area contributed by atoms with Crippen molar-refractivity contribution >= 4 is 5.97 Å². The molecule has 1 saturated carbocycles. The van der Waals surface area contributed by atoms with Crippen molar-refractivity contribution < 1.29 is 9.90 Å². The van der Waals surface area contributed by atoms with Gasteiger partial charge in [-0.05, 0) is 32.2 Å². The molecule has 3 heteroatoms. The van der Waals surface area contributed by atoms with Gasteiger partial charge < -0.3 is 10.0 Å². The van der Waals surface area contributed by atoms with Crippen molar-refractivity contribution in [1.29, 1.82) is 0 Å². The van der Waals surface area contributed by atoms with Gasteiger partial charge in [0.1, 0.15) is 0 Å². The third-order valence-electron chi connectivity index (χ3n) is 3.97. The smallest absolute Gasteiger partial charge is 0.304 e. The first kappa shape index (κ1) is 14.5. The van der Waals surface area contributed by atoms with Crippen LogP contribution in [-0.4, -0.2) is 35.1 Å². The van der Waals surface area contributed by atoms with Gasteiger partial charge in [-0.15, -0.1) is 0 Å². The van der Waals surface area contributed by atoms with Gasteiger partial charge in [-0.1, -0.05) is 32.6 Å². The summed E-state index contributed by atoms with van der Waals surface area (Å²) in [7, 11) is 0. The Morgan fingerprint density at radius 2 is 1.88 bits per heavy atom. The van der Waals surface area contributed by atoms with Crippen LogP contribution in [0.4, 0.5) is 0 Å². The van der Waals surface area contributed by atoms with Crippen LogP contribution in [0.2, 0.25) is 0 Å². The zero-order valence-corrected chi connectivity index (χ0v) is 11.3. The Balaban J connectivity index is 2.41. The predicted octanol–water partition coefficient (Wildman–Crippen LogP) is 3.14. The van der Waals surface area contributed by atoms with Crippen molar-refractivity contribution in [3.05, 3.63) is 0 Å². The normalized spacial score (nSPS) is 20.2. The lowest BCUT2D eigenvalue weighted by atomic mass is 9.98. The Kier molecular flexibility index (Phi) is 6.56. The minimum absolute atomic E-state index is 0.167. The van der Waals surface area contributed by atoms with E-state index >= 15 is 0 Å². The lowest BCUT2D eigenvalue weighted by Gasteiger charge is -2.30. The van der Waals surface area contributed by atoms with Crippen LogP contribution in [0.15, 0.2) is 0 Å². The number of carboxylic acids is 1. The van der Waals surface area contributed by atoms with E-state index in [1.165, 1.54) is 38.5 Å². The van der Waals surface area contributed by atoms with Gasteiger partial charge in [-0.3, -0.25) is 4.79 Å². The Hall–Kier alpha value is -0.570. The molecule has 100 valence electrons. The predicted molar refractivity (Wildman–Crippen MR) is 70.2 cm³/mol. The second-order valence-electron chi connectivity index (χ2n) is 5.39. The van der Waals surface area contributed by atoms with E-state index in [4.69, 9.17) is 5.11 Å². The Morgan fingerprint density at radius 1 is 1.29 bits per heavy atom. The molecular formula is C14H27NO2. The monoisotopic (exact) mass is 241 g/mol. The lowest BCUT2D eigenvalue weighted by molar-refractivity contribution is -0.138. The summed E-state index contributed by atoms with van der Waals surface area (Å²) in [5.74, 6) is 0.102. The van der Waals surface area contributed by atoms with Crippen LogP contribution in [0.25, 0.3) is 0 Å². The molecule has 0 radical (unpaired) electrons. The van der Waals surface area contributed by atoms with Crippen molar-refractivity contribution in [2.75, 3.05) is 13.1 Å². The standard InChI is InChI=1S/C14H27NO2/c1-3-15(12(2)10-14(16)17)11-13-8-6-4-5-7-9-13/h12-13H,3-11H2,1-2H3,(H,16,17). The molecule has 1 unspecified atom stereocenters. The molecule has 0 aromatic carbocycles. The molecule has 0 saturated heterocycles. The van der Waals surface area contributed by atoms with Crippen LogP contribution in [0.5, 0.6) is 0 Å². The van der Waals surface area contributed by atoms with E-state index in [9.17, 15) is 4.79 Å². The van der Waals surface area contributed by atoms with Crippen LogP contribution < -0.4 is 0 Å². The summed E-state index contributed by atoms with van der Waals surface area (Å²) in [5.41, 5.74) is 0. The Morgan fingerprint density at radius 3 is 2.35 bits per heavy atom. The molecule has 0 aromatic rings. The molecule has 1 atom stereocenters. The van der Waals surface area contributed by atoms with E-state index in [-0.39, 0.29) is 12.5 Å². The average molecular weight is 241 g/mol. The van der Waals surface area contributed by atoms with Crippen molar-refractivity contribution in [2.24, 2.45) is 5.92 Å². The molecule has 1 fully saturated rings. The molecular weight excluding hydrogens is 214 g/mol. The largest absolute Gasteiger partial charge is 0.481 e. The van der Waals surface area contributed by atoms with Crippen LogP contribution in [0.1, 0.15) is 58.8 Å². The first-order chi connectivity index (χ1) is 8.13. The molecule has 0 heterocycles. The number of carbonyl (C=O) groups is 1. The van der Waals surface area contributed by atoms with E-state index in [0.29, 0.717) is 0 Å².